The lowest BCUT2D eigenvalue weighted by Gasteiger charge is -2.34. The van der Waals surface area contributed by atoms with Crippen molar-refractivity contribution < 1.29 is 9.59 Å². The van der Waals surface area contributed by atoms with Crippen molar-refractivity contribution >= 4 is 17.5 Å². The average Bonchev–Trinajstić information content (AvgIpc) is 3.46. The molecular weight excluding hydrogens is 340 g/mol. The second-order valence-corrected chi connectivity index (χ2v) is 7.84. The molecular formula is C21H32N4O2. The van der Waals surface area contributed by atoms with Crippen molar-refractivity contribution in [3.63, 3.8) is 0 Å². The van der Waals surface area contributed by atoms with Gasteiger partial charge in [-0.05, 0) is 57.9 Å². The standard InChI is InChI=1S/C21H32N4O2/c1-4-25(16(2)3)19-9-5-17(6-10-19)21(27)24-13-11-23(12-14-24)15-20(26)22-18-7-8-18/h5-6,9-10,16,18H,4,7-8,11-15H2,1-3H3,(H,22,26). The van der Waals surface area contributed by atoms with E-state index in [1.807, 2.05) is 29.2 Å². The minimum Gasteiger partial charge on any atom is -0.369 e. The number of benzene rings is 1. The third kappa shape index (κ3) is 5.22. The summed E-state index contributed by atoms with van der Waals surface area (Å²) in [5.74, 6) is 0.190. The number of hydrogen-bond donors (Lipinski definition) is 1. The minimum atomic E-state index is 0.0798. The topological polar surface area (TPSA) is 55.9 Å². The molecule has 0 spiro atoms. The quantitative estimate of drug-likeness (QED) is 0.795. The van der Waals surface area contributed by atoms with Gasteiger partial charge in [-0.15, -0.1) is 0 Å². The fourth-order valence-corrected chi connectivity index (χ4v) is 3.64. The number of nitrogens with zero attached hydrogens (tertiary/aromatic N) is 3. The first-order chi connectivity index (χ1) is 13.0. The van der Waals surface area contributed by atoms with E-state index in [2.05, 4.69) is 35.9 Å². The van der Waals surface area contributed by atoms with E-state index in [0.717, 1.165) is 43.7 Å². The number of anilines is 1. The molecule has 2 amide bonds. The van der Waals surface area contributed by atoms with Gasteiger partial charge in [0.05, 0.1) is 6.54 Å². The fourth-order valence-electron chi connectivity index (χ4n) is 3.64. The van der Waals surface area contributed by atoms with Crippen LogP contribution in [0.3, 0.4) is 0 Å². The summed E-state index contributed by atoms with van der Waals surface area (Å²) in [5, 5.41) is 3.02. The highest BCUT2D eigenvalue weighted by atomic mass is 16.2. The molecule has 1 heterocycles. The molecule has 6 heteroatoms. The second-order valence-electron chi connectivity index (χ2n) is 7.84. The predicted molar refractivity (Wildman–Crippen MR) is 108 cm³/mol. The molecule has 1 aliphatic heterocycles. The minimum absolute atomic E-state index is 0.0798. The summed E-state index contributed by atoms with van der Waals surface area (Å²) in [5.41, 5.74) is 1.88. The molecule has 3 rings (SSSR count). The maximum Gasteiger partial charge on any atom is 0.253 e. The van der Waals surface area contributed by atoms with Crippen LogP contribution < -0.4 is 10.2 Å². The molecule has 1 saturated heterocycles. The number of carbonyl (C=O) groups excluding carboxylic acids is 2. The molecule has 27 heavy (non-hydrogen) atoms. The maximum atomic E-state index is 12.8. The van der Waals surface area contributed by atoms with E-state index in [1.54, 1.807) is 0 Å². The Bertz CT molecular complexity index is 647. The monoisotopic (exact) mass is 372 g/mol. The zero-order valence-electron chi connectivity index (χ0n) is 16.8. The van der Waals surface area contributed by atoms with Crippen LogP contribution in [0.25, 0.3) is 0 Å². The van der Waals surface area contributed by atoms with Crippen LogP contribution >= 0.6 is 0 Å². The van der Waals surface area contributed by atoms with Gasteiger partial charge in [0.15, 0.2) is 0 Å². The zero-order chi connectivity index (χ0) is 19.4. The normalized spacial score (nSPS) is 17.9. The Kier molecular flexibility index (Phi) is 6.37. The number of piperazine rings is 1. The van der Waals surface area contributed by atoms with Crippen molar-refractivity contribution in [1.29, 1.82) is 0 Å². The lowest BCUT2D eigenvalue weighted by atomic mass is 10.1. The number of amides is 2. The Morgan fingerprint density at radius 1 is 1.11 bits per heavy atom. The van der Waals surface area contributed by atoms with E-state index in [-0.39, 0.29) is 11.8 Å². The molecule has 148 valence electrons. The highest BCUT2D eigenvalue weighted by molar-refractivity contribution is 5.94. The van der Waals surface area contributed by atoms with E-state index in [0.29, 0.717) is 31.7 Å². The number of rotatable bonds is 7. The molecule has 0 unspecified atom stereocenters. The average molecular weight is 373 g/mol. The molecule has 0 bridgehead atoms. The largest absolute Gasteiger partial charge is 0.369 e. The van der Waals surface area contributed by atoms with Crippen LogP contribution in [0.2, 0.25) is 0 Å². The van der Waals surface area contributed by atoms with Gasteiger partial charge < -0.3 is 15.1 Å². The van der Waals surface area contributed by atoms with Crippen LogP contribution in [0.4, 0.5) is 5.69 Å². The molecule has 0 atom stereocenters. The van der Waals surface area contributed by atoms with Crippen LogP contribution in [-0.4, -0.2) is 73.0 Å². The summed E-state index contributed by atoms with van der Waals surface area (Å²) in [7, 11) is 0. The molecule has 1 aromatic rings. The SMILES string of the molecule is CCN(c1ccc(C(=O)N2CCN(CC(=O)NC3CC3)CC2)cc1)C(C)C. The Morgan fingerprint density at radius 2 is 1.74 bits per heavy atom. The van der Waals surface area contributed by atoms with Crippen molar-refractivity contribution in [2.24, 2.45) is 0 Å². The first-order valence-electron chi connectivity index (χ1n) is 10.2. The third-order valence-electron chi connectivity index (χ3n) is 5.38. The van der Waals surface area contributed by atoms with Crippen LogP contribution in [0.15, 0.2) is 24.3 Å². The van der Waals surface area contributed by atoms with E-state index in [9.17, 15) is 9.59 Å². The van der Waals surface area contributed by atoms with E-state index in [4.69, 9.17) is 0 Å². The Morgan fingerprint density at radius 3 is 2.26 bits per heavy atom. The van der Waals surface area contributed by atoms with Gasteiger partial charge in [-0.3, -0.25) is 14.5 Å². The van der Waals surface area contributed by atoms with Gasteiger partial charge >= 0.3 is 0 Å². The second kappa shape index (κ2) is 8.74. The van der Waals surface area contributed by atoms with Crippen LogP contribution in [-0.2, 0) is 4.79 Å². The van der Waals surface area contributed by atoms with Crippen molar-refractivity contribution in [3.8, 4) is 0 Å². The molecule has 1 saturated carbocycles. The summed E-state index contributed by atoms with van der Waals surface area (Å²) < 4.78 is 0. The van der Waals surface area contributed by atoms with Crippen molar-refractivity contribution in [2.75, 3.05) is 44.2 Å². The summed E-state index contributed by atoms with van der Waals surface area (Å²) >= 11 is 0. The lowest BCUT2D eigenvalue weighted by Crippen LogP contribution is -2.51. The molecule has 1 aromatic carbocycles. The zero-order valence-corrected chi connectivity index (χ0v) is 16.8. The lowest BCUT2D eigenvalue weighted by molar-refractivity contribution is -0.122. The molecule has 1 aliphatic carbocycles. The van der Waals surface area contributed by atoms with E-state index >= 15 is 0 Å². The highest BCUT2D eigenvalue weighted by Crippen LogP contribution is 2.20. The van der Waals surface area contributed by atoms with Crippen molar-refractivity contribution in [3.05, 3.63) is 29.8 Å². The van der Waals surface area contributed by atoms with Gasteiger partial charge in [0.1, 0.15) is 0 Å². The van der Waals surface area contributed by atoms with Crippen molar-refractivity contribution in [1.82, 2.24) is 15.1 Å². The Balaban J connectivity index is 1.50. The van der Waals surface area contributed by atoms with Gasteiger partial charge in [0.2, 0.25) is 5.91 Å². The molecule has 6 nitrogen and oxygen atoms in total. The number of nitrogens with one attached hydrogen (secondary N) is 1. The predicted octanol–water partition coefficient (Wildman–Crippen LogP) is 1.96. The Labute approximate surface area is 162 Å². The molecule has 1 N–H and O–H groups in total. The third-order valence-corrected chi connectivity index (χ3v) is 5.38. The summed E-state index contributed by atoms with van der Waals surface area (Å²) in [6.07, 6.45) is 2.22. The van der Waals surface area contributed by atoms with E-state index in [1.165, 1.54) is 0 Å². The van der Waals surface area contributed by atoms with Gasteiger partial charge in [-0.1, -0.05) is 0 Å². The van der Waals surface area contributed by atoms with Gasteiger partial charge in [0, 0.05) is 56.1 Å². The van der Waals surface area contributed by atoms with E-state index < -0.39 is 0 Å². The first kappa shape index (κ1) is 19.7. The van der Waals surface area contributed by atoms with Crippen LogP contribution in [0.5, 0.6) is 0 Å². The molecule has 2 fully saturated rings. The summed E-state index contributed by atoms with van der Waals surface area (Å²) in [4.78, 5) is 31.0. The van der Waals surface area contributed by atoms with Gasteiger partial charge in [0.25, 0.3) is 5.91 Å². The van der Waals surface area contributed by atoms with Gasteiger partial charge in [-0.2, -0.15) is 0 Å². The first-order valence-corrected chi connectivity index (χ1v) is 10.2. The molecule has 0 radical (unpaired) electrons. The summed E-state index contributed by atoms with van der Waals surface area (Å²) in [6.45, 7) is 10.7. The number of hydrogen-bond acceptors (Lipinski definition) is 4. The van der Waals surface area contributed by atoms with Gasteiger partial charge in [-0.25, -0.2) is 0 Å². The fraction of sp³-hybridized carbons (Fsp3) is 0.619. The maximum absolute atomic E-state index is 12.8. The Hall–Kier alpha value is -2.08. The summed E-state index contributed by atoms with van der Waals surface area (Å²) in [6, 6.07) is 8.77. The smallest absolute Gasteiger partial charge is 0.253 e. The molecule has 2 aliphatic rings. The van der Waals surface area contributed by atoms with Crippen LogP contribution in [0, 0.1) is 0 Å². The molecule has 0 aromatic heterocycles. The highest BCUT2D eigenvalue weighted by Gasteiger charge is 2.26. The number of carbonyl (C=O) groups is 2. The van der Waals surface area contributed by atoms with Crippen LogP contribution in [0.1, 0.15) is 44.0 Å². The van der Waals surface area contributed by atoms with Crippen molar-refractivity contribution in [2.45, 2.75) is 45.7 Å².